The molecule has 0 radical (unpaired) electrons. The van der Waals surface area contributed by atoms with Crippen molar-refractivity contribution in [2.45, 2.75) is 12.5 Å². The van der Waals surface area contributed by atoms with Gasteiger partial charge in [0.2, 0.25) is 5.88 Å². The molecule has 1 aliphatic rings. The first-order valence-electron chi connectivity index (χ1n) is 6.78. The number of para-hydroxylation sites is 1. The van der Waals surface area contributed by atoms with Crippen LogP contribution in [-0.2, 0) is 6.54 Å². The van der Waals surface area contributed by atoms with Gasteiger partial charge in [-0.25, -0.2) is 4.98 Å². The number of fused-ring (bicyclic) bond motifs is 1. The van der Waals surface area contributed by atoms with E-state index in [2.05, 4.69) is 22.4 Å². The van der Waals surface area contributed by atoms with Crippen molar-refractivity contribution in [2.24, 2.45) is 0 Å². The Hall–Kier alpha value is -2.07. The van der Waals surface area contributed by atoms with Crippen LogP contribution in [0.25, 0.3) is 0 Å². The molecule has 20 heavy (non-hydrogen) atoms. The maximum absolute atomic E-state index is 5.68. The highest BCUT2D eigenvalue weighted by molar-refractivity contribution is 5.39. The molecule has 1 aromatic carbocycles. The lowest BCUT2D eigenvalue weighted by atomic mass is 10.0. The van der Waals surface area contributed by atoms with Gasteiger partial charge in [-0.3, -0.25) is 0 Å². The summed E-state index contributed by atoms with van der Waals surface area (Å²) in [6.45, 7) is 2.46. The van der Waals surface area contributed by atoms with Gasteiger partial charge in [-0.15, -0.1) is 0 Å². The number of nitrogens with zero attached hydrogens (tertiary/aromatic N) is 1. The van der Waals surface area contributed by atoms with Crippen molar-refractivity contribution in [2.75, 3.05) is 20.3 Å². The molecule has 0 saturated heterocycles. The van der Waals surface area contributed by atoms with Crippen LogP contribution >= 0.6 is 0 Å². The molecule has 2 aromatic rings. The Morgan fingerprint density at radius 3 is 3.15 bits per heavy atom. The Kier molecular flexibility index (Phi) is 3.83. The molecule has 1 atom stereocenters. The molecular formula is C16H18N2O2. The van der Waals surface area contributed by atoms with Crippen LogP contribution in [-0.4, -0.2) is 25.2 Å². The average Bonchev–Trinajstić information content (AvgIpc) is 2.91. The second kappa shape index (κ2) is 5.92. The zero-order chi connectivity index (χ0) is 13.8. The summed E-state index contributed by atoms with van der Waals surface area (Å²) in [7, 11) is 1.63. The normalized spacial score (nSPS) is 16.6. The average molecular weight is 270 g/mol. The molecule has 0 saturated carbocycles. The van der Waals surface area contributed by atoms with Crippen LogP contribution in [0.2, 0.25) is 0 Å². The standard InChI is InChI=1S/C16H18N2O2/c1-19-16-8-12(6-7-18-16)9-17-10-13-11-20-15-5-3-2-4-14(13)15/h2-8,13,17H,9-11H2,1H3. The summed E-state index contributed by atoms with van der Waals surface area (Å²) in [4.78, 5) is 4.10. The Morgan fingerprint density at radius 2 is 2.25 bits per heavy atom. The minimum atomic E-state index is 0.426. The fourth-order valence-corrected chi connectivity index (χ4v) is 2.46. The van der Waals surface area contributed by atoms with Gasteiger partial charge >= 0.3 is 0 Å². The van der Waals surface area contributed by atoms with Gasteiger partial charge < -0.3 is 14.8 Å². The number of pyridine rings is 1. The van der Waals surface area contributed by atoms with E-state index in [9.17, 15) is 0 Å². The Bertz CT molecular complexity index is 586. The summed E-state index contributed by atoms with van der Waals surface area (Å²) in [5, 5.41) is 3.47. The maximum atomic E-state index is 5.68. The smallest absolute Gasteiger partial charge is 0.213 e. The lowest BCUT2D eigenvalue weighted by molar-refractivity contribution is 0.326. The zero-order valence-electron chi connectivity index (χ0n) is 11.5. The van der Waals surface area contributed by atoms with Crippen molar-refractivity contribution >= 4 is 0 Å². The van der Waals surface area contributed by atoms with E-state index in [1.807, 2.05) is 24.3 Å². The van der Waals surface area contributed by atoms with E-state index in [1.165, 1.54) is 11.1 Å². The third-order valence-electron chi connectivity index (χ3n) is 3.53. The highest BCUT2D eigenvalue weighted by Gasteiger charge is 2.22. The van der Waals surface area contributed by atoms with Gasteiger partial charge in [0.05, 0.1) is 13.7 Å². The second-order valence-corrected chi connectivity index (χ2v) is 4.88. The Labute approximate surface area is 118 Å². The third kappa shape index (κ3) is 2.75. The molecule has 0 bridgehead atoms. The molecule has 1 unspecified atom stereocenters. The molecule has 1 aliphatic heterocycles. The van der Waals surface area contributed by atoms with Crippen LogP contribution in [0.4, 0.5) is 0 Å². The Morgan fingerprint density at radius 1 is 1.35 bits per heavy atom. The highest BCUT2D eigenvalue weighted by atomic mass is 16.5. The van der Waals surface area contributed by atoms with Crippen LogP contribution in [0.5, 0.6) is 11.6 Å². The topological polar surface area (TPSA) is 43.4 Å². The number of hydrogen-bond acceptors (Lipinski definition) is 4. The third-order valence-corrected chi connectivity index (χ3v) is 3.53. The molecule has 3 rings (SSSR count). The summed E-state index contributed by atoms with van der Waals surface area (Å²) in [5.74, 6) is 2.10. The van der Waals surface area contributed by atoms with Crippen molar-refractivity contribution < 1.29 is 9.47 Å². The van der Waals surface area contributed by atoms with Crippen molar-refractivity contribution in [1.29, 1.82) is 0 Å². The SMILES string of the molecule is COc1cc(CNCC2COc3ccccc32)ccn1. The lowest BCUT2D eigenvalue weighted by Gasteiger charge is -2.11. The molecule has 0 aliphatic carbocycles. The van der Waals surface area contributed by atoms with Gasteiger partial charge in [0.15, 0.2) is 0 Å². The highest BCUT2D eigenvalue weighted by Crippen LogP contribution is 2.32. The number of nitrogens with one attached hydrogen (secondary N) is 1. The lowest BCUT2D eigenvalue weighted by Crippen LogP contribution is -2.22. The van der Waals surface area contributed by atoms with E-state index in [0.717, 1.165) is 25.4 Å². The molecule has 2 heterocycles. The maximum Gasteiger partial charge on any atom is 0.213 e. The van der Waals surface area contributed by atoms with Gasteiger partial charge in [0.1, 0.15) is 5.75 Å². The molecule has 104 valence electrons. The number of aromatic nitrogens is 1. The van der Waals surface area contributed by atoms with Crippen LogP contribution < -0.4 is 14.8 Å². The van der Waals surface area contributed by atoms with Crippen molar-refractivity contribution in [1.82, 2.24) is 10.3 Å². The first-order valence-corrected chi connectivity index (χ1v) is 6.78. The first-order chi connectivity index (χ1) is 9.86. The predicted octanol–water partition coefficient (Wildman–Crippen LogP) is 2.36. The van der Waals surface area contributed by atoms with E-state index in [-0.39, 0.29) is 0 Å². The zero-order valence-corrected chi connectivity index (χ0v) is 11.5. The van der Waals surface area contributed by atoms with E-state index < -0.39 is 0 Å². The summed E-state index contributed by atoms with van der Waals surface area (Å²) in [6, 6.07) is 12.2. The number of benzene rings is 1. The molecule has 4 heteroatoms. The van der Waals surface area contributed by atoms with Gasteiger partial charge in [0, 0.05) is 36.8 Å². The number of rotatable bonds is 5. The van der Waals surface area contributed by atoms with Crippen molar-refractivity contribution in [3.63, 3.8) is 0 Å². The summed E-state index contributed by atoms with van der Waals surface area (Å²) in [5.41, 5.74) is 2.47. The van der Waals surface area contributed by atoms with Crippen LogP contribution in [0.1, 0.15) is 17.0 Å². The molecule has 0 fully saturated rings. The van der Waals surface area contributed by atoms with Crippen LogP contribution in [0.3, 0.4) is 0 Å². The van der Waals surface area contributed by atoms with Crippen molar-refractivity contribution in [3.8, 4) is 11.6 Å². The molecule has 1 N–H and O–H groups in total. The summed E-state index contributed by atoms with van der Waals surface area (Å²) < 4.78 is 10.8. The molecule has 0 spiro atoms. The van der Waals surface area contributed by atoms with E-state index in [4.69, 9.17) is 9.47 Å². The van der Waals surface area contributed by atoms with E-state index in [1.54, 1.807) is 13.3 Å². The monoisotopic (exact) mass is 270 g/mol. The molecule has 1 aromatic heterocycles. The van der Waals surface area contributed by atoms with Gasteiger partial charge in [-0.2, -0.15) is 0 Å². The predicted molar refractivity (Wildman–Crippen MR) is 77.2 cm³/mol. The fourth-order valence-electron chi connectivity index (χ4n) is 2.46. The molecular weight excluding hydrogens is 252 g/mol. The van der Waals surface area contributed by atoms with E-state index in [0.29, 0.717) is 11.8 Å². The number of methoxy groups -OCH3 is 1. The largest absolute Gasteiger partial charge is 0.493 e. The number of ether oxygens (including phenoxy) is 2. The van der Waals surface area contributed by atoms with Crippen LogP contribution in [0, 0.1) is 0 Å². The Balaban J connectivity index is 1.56. The summed E-state index contributed by atoms with van der Waals surface area (Å²) in [6.07, 6.45) is 1.77. The van der Waals surface area contributed by atoms with E-state index >= 15 is 0 Å². The van der Waals surface area contributed by atoms with Crippen molar-refractivity contribution in [3.05, 3.63) is 53.7 Å². The fraction of sp³-hybridized carbons (Fsp3) is 0.312. The van der Waals surface area contributed by atoms with Crippen LogP contribution in [0.15, 0.2) is 42.6 Å². The van der Waals surface area contributed by atoms with Gasteiger partial charge in [0.25, 0.3) is 0 Å². The molecule has 4 nitrogen and oxygen atoms in total. The minimum absolute atomic E-state index is 0.426. The van der Waals surface area contributed by atoms with Gasteiger partial charge in [-0.05, 0) is 17.7 Å². The quantitative estimate of drug-likeness (QED) is 0.905. The number of hydrogen-bond donors (Lipinski definition) is 1. The summed E-state index contributed by atoms with van der Waals surface area (Å²) >= 11 is 0. The second-order valence-electron chi connectivity index (χ2n) is 4.88. The first kappa shape index (κ1) is 12.9. The van der Waals surface area contributed by atoms with Gasteiger partial charge in [-0.1, -0.05) is 18.2 Å². The molecule has 0 amide bonds. The minimum Gasteiger partial charge on any atom is -0.493 e.